The van der Waals surface area contributed by atoms with Crippen molar-refractivity contribution in [2.45, 2.75) is 0 Å². The van der Waals surface area contributed by atoms with Crippen molar-refractivity contribution >= 4 is 17.1 Å². The molecule has 0 fully saturated rings. The molecule has 0 bridgehead atoms. The van der Waals surface area contributed by atoms with Gasteiger partial charge in [0.25, 0.3) is 5.56 Å². The van der Waals surface area contributed by atoms with E-state index in [2.05, 4.69) is 24.9 Å². The van der Waals surface area contributed by atoms with Crippen LogP contribution in [0.4, 0.5) is 5.95 Å². The van der Waals surface area contributed by atoms with E-state index in [-0.39, 0.29) is 17.0 Å². The molecule has 0 aromatic carbocycles. The van der Waals surface area contributed by atoms with Gasteiger partial charge in [0, 0.05) is 6.20 Å². The molecule has 0 unspecified atom stereocenters. The number of fused-ring (bicyclic) bond motifs is 1. The third-order valence-electron chi connectivity index (χ3n) is 3.38. The van der Waals surface area contributed by atoms with Crippen LogP contribution in [-0.2, 0) is 0 Å². The van der Waals surface area contributed by atoms with Gasteiger partial charge < -0.3 is 5.73 Å². The minimum Gasteiger partial charge on any atom is -0.369 e. The van der Waals surface area contributed by atoms with Crippen molar-refractivity contribution in [1.29, 1.82) is 0 Å². The number of pyridine rings is 2. The molecule has 4 heterocycles. The molecule has 0 aliphatic rings. The normalized spacial score (nSPS) is 11.0. The number of aromatic amines is 1. The lowest BCUT2D eigenvalue weighted by Gasteiger charge is -2.05. The van der Waals surface area contributed by atoms with Gasteiger partial charge in [0.05, 0.1) is 23.3 Å². The fourth-order valence-corrected chi connectivity index (χ4v) is 2.31. The fourth-order valence-electron chi connectivity index (χ4n) is 2.31. The maximum atomic E-state index is 11.8. The van der Waals surface area contributed by atoms with Crippen molar-refractivity contribution in [3.05, 3.63) is 59.4 Å². The first-order valence-corrected chi connectivity index (χ1v) is 6.83. The van der Waals surface area contributed by atoms with E-state index in [9.17, 15) is 4.79 Å². The number of nitrogens with two attached hydrogens (primary N) is 1. The molecule has 8 nitrogen and oxygen atoms in total. The number of aromatic nitrogens is 6. The first kappa shape index (κ1) is 13.1. The molecule has 4 aromatic heterocycles. The smallest absolute Gasteiger partial charge is 0.280 e. The van der Waals surface area contributed by atoms with Gasteiger partial charge in [-0.3, -0.25) is 24.3 Å². The summed E-state index contributed by atoms with van der Waals surface area (Å²) in [4.78, 5) is 31.1. The summed E-state index contributed by atoms with van der Waals surface area (Å²) in [5.41, 5.74) is 8.11. The third-order valence-corrected chi connectivity index (χ3v) is 3.38. The highest BCUT2D eigenvalue weighted by atomic mass is 16.1. The van der Waals surface area contributed by atoms with Gasteiger partial charge in [0.15, 0.2) is 11.2 Å². The van der Waals surface area contributed by atoms with Crippen LogP contribution in [0.2, 0.25) is 0 Å². The Morgan fingerprint density at radius 3 is 2.65 bits per heavy atom. The standard InChI is InChI=1S/C15H11N7O/c16-15-20-13-12(14(23)21-15)19-8-22(13)9-4-5-11(18-7-9)10-3-1-2-6-17-10/h1-8H,(H3,16,20,21,23). The molecular weight excluding hydrogens is 294 g/mol. The molecule has 0 aliphatic heterocycles. The molecule has 112 valence electrons. The predicted molar refractivity (Wildman–Crippen MR) is 84.9 cm³/mol. The summed E-state index contributed by atoms with van der Waals surface area (Å²) in [6.07, 6.45) is 4.90. The summed E-state index contributed by atoms with van der Waals surface area (Å²) in [6, 6.07) is 9.34. The first-order chi connectivity index (χ1) is 11.2. The fraction of sp³-hybridized carbons (Fsp3) is 0. The maximum absolute atomic E-state index is 11.8. The molecule has 0 atom stereocenters. The molecule has 0 saturated carbocycles. The van der Waals surface area contributed by atoms with Gasteiger partial charge in [-0.25, -0.2) is 4.98 Å². The molecular formula is C15H11N7O. The van der Waals surface area contributed by atoms with Crippen molar-refractivity contribution in [2.24, 2.45) is 0 Å². The maximum Gasteiger partial charge on any atom is 0.280 e. The Kier molecular flexibility index (Phi) is 2.87. The Morgan fingerprint density at radius 2 is 1.91 bits per heavy atom. The number of nitrogens with one attached hydrogen (secondary N) is 1. The zero-order valence-corrected chi connectivity index (χ0v) is 11.8. The van der Waals surface area contributed by atoms with E-state index in [0.29, 0.717) is 5.65 Å². The van der Waals surface area contributed by atoms with Crippen LogP contribution in [0.1, 0.15) is 0 Å². The van der Waals surface area contributed by atoms with Gasteiger partial charge in [-0.1, -0.05) is 6.07 Å². The largest absolute Gasteiger partial charge is 0.369 e. The number of rotatable bonds is 2. The summed E-state index contributed by atoms with van der Waals surface area (Å²) >= 11 is 0. The van der Waals surface area contributed by atoms with E-state index in [0.717, 1.165) is 17.1 Å². The van der Waals surface area contributed by atoms with Gasteiger partial charge >= 0.3 is 0 Å². The summed E-state index contributed by atoms with van der Waals surface area (Å²) in [5, 5.41) is 0. The van der Waals surface area contributed by atoms with Gasteiger partial charge in [0.2, 0.25) is 5.95 Å². The second-order valence-corrected chi connectivity index (χ2v) is 4.85. The van der Waals surface area contributed by atoms with Crippen molar-refractivity contribution in [3.8, 4) is 17.1 Å². The van der Waals surface area contributed by atoms with E-state index in [1.54, 1.807) is 17.0 Å². The van der Waals surface area contributed by atoms with Crippen molar-refractivity contribution in [3.63, 3.8) is 0 Å². The predicted octanol–water partition coefficient (Wildman–Crippen LogP) is 1.15. The number of H-pyrrole nitrogens is 1. The molecule has 0 saturated heterocycles. The van der Waals surface area contributed by atoms with Gasteiger partial charge in [-0.05, 0) is 24.3 Å². The topological polar surface area (TPSA) is 115 Å². The highest BCUT2D eigenvalue weighted by Crippen LogP contribution is 2.18. The molecule has 4 aromatic rings. The number of anilines is 1. The lowest BCUT2D eigenvalue weighted by Crippen LogP contribution is -2.12. The molecule has 0 aliphatic carbocycles. The second kappa shape index (κ2) is 5.02. The summed E-state index contributed by atoms with van der Waals surface area (Å²) in [7, 11) is 0. The Labute approximate surface area is 129 Å². The average molecular weight is 305 g/mol. The van der Waals surface area contributed by atoms with Crippen LogP contribution in [0.5, 0.6) is 0 Å². The van der Waals surface area contributed by atoms with Gasteiger partial charge in [-0.2, -0.15) is 4.98 Å². The number of hydrogen-bond donors (Lipinski definition) is 2. The number of hydrogen-bond acceptors (Lipinski definition) is 6. The molecule has 0 amide bonds. The van der Waals surface area contributed by atoms with Gasteiger partial charge in [0.1, 0.15) is 6.33 Å². The highest BCUT2D eigenvalue weighted by molar-refractivity contribution is 5.73. The second-order valence-electron chi connectivity index (χ2n) is 4.85. The minimum absolute atomic E-state index is 0.0438. The van der Waals surface area contributed by atoms with E-state index >= 15 is 0 Å². The monoisotopic (exact) mass is 305 g/mol. The minimum atomic E-state index is -0.371. The van der Waals surface area contributed by atoms with E-state index in [1.807, 2.05) is 30.3 Å². The SMILES string of the molecule is Nc1nc2c(ncn2-c2ccc(-c3ccccn3)nc2)c(=O)[nH]1. The lowest BCUT2D eigenvalue weighted by molar-refractivity contribution is 1.04. The summed E-state index contributed by atoms with van der Waals surface area (Å²) in [6.45, 7) is 0. The zero-order valence-electron chi connectivity index (χ0n) is 11.8. The Balaban J connectivity index is 1.81. The van der Waals surface area contributed by atoms with Crippen molar-refractivity contribution in [2.75, 3.05) is 5.73 Å². The van der Waals surface area contributed by atoms with Crippen LogP contribution in [0.3, 0.4) is 0 Å². The Morgan fingerprint density at radius 1 is 1.04 bits per heavy atom. The molecule has 8 heteroatoms. The van der Waals surface area contributed by atoms with E-state index in [4.69, 9.17) is 5.73 Å². The van der Waals surface area contributed by atoms with Crippen LogP contribution < -0.4 is 11.3 Å². The number of nitrogen functional groups attached to an aromatic ring is 1. The molecule has 0 spiro atoms. The average Bonchev–Trinajstić information content (AvgIpc) is 3.00. The molecule has 0 radical (unpaired) electrons. The Bertz CT molecular complexity index is 1040. The third kappa shape index (κ3) is 2.22. The van der Waals surface area contributed by atoms with Crippen molar-refractivity contribution < 1.29 is 0 Å². The quantitative estimate of drug-likeness (QED) is 0.574. The number of nitrogens with zero attached hydrogens (tertiary/aromatic N) is 5. The van der Waals surface area contributed by atoms with E-state index < -0.39 is 0 Å². The molecule has 3 N–H and O–H groups in total. The summed E-state index contributed by atoms with van der Waals surface area (Å²) < 4.78 is 1.66. The van der Waals surface area contributed by atoms with Crippen LogP contribution in [0, 0.1) is 0 Å². The summed E-state index contributed by atoms with van der Waals surface area (Å²) in [5.74, 6) is 0.0438. The molecule has 23 heavy (non-hydrogen) atoms. The van der Waals surface area contributed by atoms with Crippen LogP contribution in [-0.4, -0.2) is 29.5 Å². The Hall–Kier alpha value is -3.55. The van der Waals surface area contributed by atoms with Crippen LogP contribution >= 0.6 is 0 Å². The van der Waals surface area contributed by atoms with E-state index in [1.165, 1.54) is 6.33 Å². The number of imidazole rings is 1. The highest BCUT2D eigenvalue weighted by Gasteiger charge is 2.11. The van der Waals surface area contributed by atoms with Crippen molar-refractivity contribution in [1.82, 2.24) is 29.5 Å². The van der Waals surface area contributed by atoms with Crippen LogP contribution in [0.25, 0.3) is 28.2 Å². The molecule has 4 rings (SSSR count). The first-order valence-electron chi connectivity index (χ1n) is 6.83. The van der Waals surface area contributed by atoms with Crippen LogP contribution in [0.15, 0.2) is 53.8 Å². The lowest BCUT2D eigenvalue weighted by atomic mass is 10.2. The van der Waals surface area contributed by atoms with Gasteiger partial charge in [-0.15, -0.1) is 0 Å². The zero-order chi connectivity index (χ0) is 15.8.